The molecule has 0 unspecified atom stereocenters. The summed E-state index contributed by atoms with van der Waals surface area (Å²) in [6, 6.07) is 12.7. The van der Waals surface area contributed by atoms with E-state index in [0.717, 1.165) is 21.8 Å². The highest BCUT2D eigenvalue weighted by molar-refractivity contribution is 7.91. The molecular weight excluding hydrogens is 396 g/mol. The largest absolute Gasteiger partial charge is 0.377 e. The molecule has 0 saturated heterocycles. The third-order valence-corrected chi connectivity index (χ3v) is 7.48. The third kappa shape index (κ3) is 7.52. The zero-order valence-corrected chi connectivity index (χ0v) is 16.6. The average molecular weight is 419 g/mol. The van der Waals surface area contributed by atoms with E-state index in [9.17, 15) is 16.8 Å². The van der Waals surface area contributed by atoms with Crippen molar-refractivity contribution in [3.05, 3.63) is 52.9 Å². The van der Waals surface area contributed by atoms with Crippen LogP contribution in [-0.4, -0.2) is 35.7 Å². The van der Waals surface area contributed by atoms with Gasteiger partial charge in [-0.15, -0.1) is 11.3 Å². The fraction of sp³-hybridized carbons (Fsp3) is 0.375. The van der Waals surface area contributed by atoms with E-state index < -0.39 is 20.0 Å². The molecule has 0 aliphatic rings. The lowest BCUT2D eigenvalue weighted by atomic mass is 10.2. The van der Waals surface area contributed by atoms with Crippen LogP contribution in [0.25, 0.3) is 0 Å². The van der Waals surface area contributed by atoms with Gasteiger partial charge in [0.2, 0.25) is 20.0 Å². The lowest BCUT2D eigenvalue weighted by Crippen LogP contribution is -2.28. The molecule has 0 saturated carbocycles. The summed E-state index contributed by atoms with van der Waals surface area (Å²) in [5.74, 6) is -0.0192. The summed E-state index contributed by atoms with van der Waals surface area (Å²) in [5, 5.41) is 5.04. The normalized spacial score (nSPS) is 12.3. The van der Waals surface area contributed by atoms with E-state index >= 15 is 0 Å². The van der Waals surface area contributed by atoms with Gasteiger partial charge in [0.25, 0.3) is 0 Å². The second-order valence-electron chi connectivity index (χ2n) is 5.62. The Labute approximate surface area is 158 Å². The van der Waals surface area contributed by atoms with Crippen molar-refractivity contribution in [2.75, 3.05) is 18.9 Å². The van der Waals surface area contributed by atoms with Crippen molar-refractivity contribution in [3.63, 3.8) is 0 Å². The first-order valence-electron chi connectivity index (χ1n) is 7.97. The Hall–Kier alpha value is -1.30. The minimum Gasteiger partial charge on any atom is -0.377 e. The van der Waals surface area contributed by atoms with E-state index in [0.29, 0.717) is 26.1 Å². The molecule has 1 aromatic carbocycles. The fourth-order valence-electron chi connectivity index (χ4n) is 2.16. The minimum atomic E-state index is -3.71. The van der Waals surface area contributed by atoms with Crippen molar-refractivity contribution >= 4 is 31.4 Å². The number of nitrogens with two attached hydrogens (primary N) is 1. The van der Waals surface area contributed by atoms with E-state index in [1.54, 1.807) is 6.07 Å². The number of hydrogen-bond donors (Lipinski definition) is 2. The Kier molecular flexibility index (Phi) is 7.74. The van der Waals surface area contributed by atoms with Crippen molar-refractivity contribution < 1.29 is 21.6 Å². The number of nitrogens with one attached hydrogen (secondary N) is 1. The van der Waals surface area contributed by atoms with Crippen LogP contribution in [0.4, 0.5) is 0 Å². The van der Waals surface area contributed by atoms with Gasteiger partial charge < -0.3 is 4.74 Å². The molecule has 1 aromatic heterocycles. The summed E-state index contributed by atoms with van der Waals surface area (Å²) in [6.45, 7) is 1.02. The standard InChI is InChI=1S/C16H22N2O5S3/c17-26(21,22)16-8-7-15(24-16)9-10-18-25(19,20)12-4-11-23-13-14-5-2-1-3-6-14/h1-3,5-8,18H,4,9-13H2,(H2,17,21,22). The number of hydrogen-bond acceptors (Lipinski definition) is 6. The average Bonchev–Trinajstić information content (AvgIpc) is 3.04. The lowest BCUT2D eigenvalue weighted by molar-refractivity contribution is 0.122. The first kappa shape index (κ1) is 21.0. The summed E-state index contributed by atoms with van der Waals surface area (Å²) in [6.07, 6.45) is 0.806. The van der Waals surface area contributed by atoms with Gasteiger partial charge in [-0.05, 0) is 30.5 Å². The van der Waals surface area contributed by atoms with Gasteiger partial charge in [-0.25, -0.2) is 26.7 Å². The van der Waals surface area contributed by atoms with Gasteiger partial charge in [0.05, 0.1) is 12.4 Å². The minimum absolute atomic E-state index is 0.0192. The summed E-state index contributed by atoms with van der Waals surface area (Å²) in [7, 11) is -7.09. The van der Waals surface area contributed by atoms with Crippen LogP contribution in [0.15, 0.2) is 46.7 Å². The van der Waals surface area contributed by atoms with Crippen LogP contribution in [0.3, 0.4) is 0 Å². The number of rotatable bonds is 11. The van der Waals surface area contributed by atoms with E-state index in [-0.39, 0.29) is 16.5 Å². The molecule has 0 fully saturated rings. The number of sulfonamides is 2. The molecule has 0 atom stereocenters. The molecule has 0 aliphatic heterocycles. The van der Waals surface area contributed by atoms with Crippen LogP contribution in [0.1, 0.15) is 16.9 Å². The maximum absolute atomic E-state index is 11.9. The van der Waals surface area contributed by atoms with Crippen molar-refractivity contribution in [1.29, 1.82) is 0 Å². The molecule has 3 N–H and O–H groups in total. The molecular formula is C16H22N2O5S3. The first-order valence-corrected chi connectivity index (χ1v) is 12.0. The van der Waals surface area contributed by atoms with Gasteiger partial charge in [0, 0.05) is 18.0 Å². The number of benzene rings is 1. The van der Waals surface area contributed by atoms with Crippen molar-refractivity contribution in [2.45, 2.75) is 23.7 Å². The summed E-state index contributed by atoms with van der Waals surface area (Å²) < 4.78 is 54.3. The quantitative estimate of drug-likeness (QED) is 0.536. The molecule has 26 heavy (non-hydrogen) atoms. The van der Waals surface area contributed by atoms with Crippen molar-refractivity contribution in [2.24, 2.45) is 5.14 Å². The summed E-state index contributed by atoms with van der Waals surface area (Å²) in [4.78, 5) is 0.753. The lowest BCUT2D eigenvalue weighted by Gasteiger charge is -2.07. The first-order chi connectivity index (χ1) is 12.3. The Morgan fingerprint density at radius 3 is 2.42 bits per heavy atom. The molecule has 0 amide bonds. The Morgan fingerprint density at radius 1 is 1.04 bits per heavy atom. The molecule has 0 aliphatic carbocycles. The molecule has 10 heteroatoms. The highest BCUT2D eigenvalue weighted by Crippen LogP contribution is 2.20. The smallest absolute Gasteiger partial charge is 0.247 e. The summed E-state index contributed by atoms with van der Waals surface area (Å²) in [5.41, 5.74) is 1.04. The summed E-state index contributed by atoms with van der Waals surface area (Å²) >= 11 is 1.04. The molecule has 2 rings (SSSR count). The second-order valence-corrected chi connectivity index (χ2v) is 10.5. The SMILES string of the molecule is NS(=O)(=O)c1ccc(CCNS(=O)(=O)CCCOCc2ccccc2)s1. The Balaban J connectivity index is 1.64. The predicted molar refractivity (Wildman–Crippen MR) is 102 cm³/mol. The highest BCUT2D eigenvalue weighted by Gasteiger charge is 2.13. The maximum Gasteiger partial charge on any atom is 0.247 e. The van der Waals surface area contributed by atoms with E-state index in [1.165, 1.54) is 6.07 Å². The molecule has 1 heterocycles. The Morgan fingerprint density at radius 2 is 1.77 bits per heavy atom. The van der Waals surface area contributed by atoms with Gasteiger partial charge in [-0.2, -0.15) is 0 Å². The number of thiophene rings is 1. The zero-order valence-electron chi connectivity index (χ0n) is 14.1. The van der Waals surface area contributed by atoms with Crippen molar-refractivity contribution in [3.8, 4) is 0 Å². The van der Waals surface area contributed by atoms with Gasteiger partial charge in [-0.3, -0.25) is 0 Å². The predicted octanol–water partition coefficient (Wildman–Crippen LogP) is 1.46. The molecule has 0 radical (unpaired) electrons. The van der Waals surface area contributed by atoms with Crippen LogP contribution in [-0.2, 0) is 37.8 Å². The molecule has 7 nitrogen and oxygen atoms in total. The molecule has 0 spiro atoms. The van der Waals surface area contributed by atoms with Crippen LogP contribution >= 0.6 is 11.3 Å². The number of primary sulfonamides is 1. The van der Waals surface area contributed by atoms with Crippen LogP contribution in [0.2, 0.25) is 0 Å². The maximum atomic E-state index is 11.9. The molecule has 2 aromatic rings. The van der Waals surface area contributed by atoms with Crippen LogP contribution in [0, 0.1) is 0 Å². The highest BCUT2D eigenvalue weighted by atomic mass is 32.2. The van der Waals surface area contributed by atoms with Crippen LogP contribution in [0.5, 0.6) is 0 Å². The van der Waals surface area contributed by atoms with Crippen LogP contribution < -0.4 is 9.86 Å². The number of ether oxygens (including phenoxy) is 1. The molecule has 144 valence electrons. The molecule has 0 bridgehead atoms. The fourth-order valence-corrected chi connectivity index (χ4v) is 5.00. The van der Waals surface area contributed by atoms with Gasteiger partial charge in [-0.1, -0.05) is 30.3 Å². The van der Waals surface area contributed by atoms with Gasteiger partial charge in [0.15, 0.2) is 0 Å². The van der Waals surface area contributed by atoms with E-state index in [2.05, 4.69) is 4.72 Å². The Bertz CT molecular complexity index is 893. The van der Waals surface area contributed by atoms with Gasteiger partial charge >= 0.3 is 0 Å². The van der Waals surface area contributed by atoms with Gasteiger partial charge in [0.1, 0.15) is 4.21 Å². The van der Waals surface area contributed by atoms with E-state index in [1.807, 2.05) is 30.3 Å². The topological polar surface area (TPSA) is 116 Å². The third-order valence-electron chi connectivity index (χ3n) is 3.42. The van der Waals surface area contributed by atoms with Crippen molar-refractivity contribution in [1.82, 2.24) is 4.72 Å². The second kappa shape index (κ2) is 9.58. The monoisotopic (exact) mass is 418 g/mol. The van der Waals surface area contributed by atoms with E-state index in [4.69, 9.17) is 9.88 Å². The zero-order chi connectivity index (χ0) is 19.0.